The van der Waals surface area contributed by atoms with Crippen molar-refractivity contribution < 1.29 is 14.6 Å². The van der Waals surface area contributed by atoms with Crippen molar-refractivity contribution in [3.63, 3.8) is 0 Å². The maximum atomic E-state index is 12.7. The van der Waals surface area contributed by atoms with Gasteiger partial charge in [-0.1, -0.05) is 6.07 Å². The zero-order chi connectivity index (χ0) is 16.4. The number of amides is 1. The van der Waals surface area contributed by atoms with Crippen LogP contribution in [0.15, 0.2) is 30.5 Å². The maximum absolute atomic E-state index is 12.7. The van der Waals surface area contributed by atoms with E-state index in [4.69, 9.17) is 4.74 Å². The van der Waals surface area contributed by atoms with E-state index in [1.165, 1.54) is 11.3 Å². The number of carbonyl (C=O) groups excluding carboxylic acids is 1. The number of thiophene rings is 1. The van der Waals surface area contributed by atoms with Crippen LogP contribution < -0.4 is 10.1 Å². The van der Waals surface area contributed by atoms with E-state index < -0.39 is 0 Å². The molecule has 0 spiro atoms. The van der Waals surface area contributed by atoms with E-state index in [0.717, 1.165) is 10.6 Å². The van der Waals surface area contributed by atoms with Crippen LogP contribution in [0.2, 0.25) is 0 Å². The molecule has 23 heavy (non-hydrogen) atoms. The Kier molecular flexibility index (Phi) is 4.63. The number of pyridine rings is 1. The van der Waals surface area contributed by atoms with E-state index in [1.54, 1.807) is 13.3 Å². The summed E-state index contributed by atoms with van der Waals surface area (Å²) in [7, 11) is 1.57. The molecule has 2 N–H and O–H groups in total. The summed E-state index contributed by atoms with van der Waals surface area (Å²) in [6.07, 6.45) is 2.81. The highest BCUT2D eigenvalue weighted by molar-refractivity contribution is 7.14. The van der Waals surface area contributed by atoms with E-state index in [-0.39, 0.29) is 24.0 Å². The first-order valence-electron chi connectivity index (χ1n) is 7.62. The molecule has 122 valence electrons. The van der Waals surface area contributed by atoms with Crippen molar-refractivity contribution in [3.05, 3.63) is 45.9 Å². The lowest BCUT2D eigenvalue weighted by atomic mass is 9.76. The van der Waals surface area contributed by atoms with Gasteiger partial charge in [0.1, 0.15) is 10.6 Å². The third-order valence-corrected chi connectivity index (χ3v) is 5.19. The Morgan fingerprint density at radius 1 is 1.48 bits per heavy atom. The molecule has 0 bridgehead atoms. The summed E-state index contributed by atoms with van der Waals surface area (Å²) in [5, 5.41) is 12.7. The molecule has 1 aliphatic rings. The van der Waals surface area contributed by atoms with Gasteiger partial charge in [0, 0.05) is 11.1 Å². The number of hydrogen-bond donors (Lipinski definition) is 2. The number of aliphatic hydroxyl groups is 1. The second-order valence-electron chi connectivity index (χ2n) is 5.85. The van der Waals surface area contributed by atoms with Gasteiger partial charge >= 0.3 is 0 Å². The molecule has 2 aromatic heterocycles. The Balaban J connectivity index is 1.82. The zero-order valence-electron chi connectivity index (χ0n) is 13.2. The number of aromatic nitrogens is 1. The number of methoxy groups -OCH3 is 1. The molecular formula is C17H20N2O3S. The van der Waals surface area contributed by atoms with Crippen LogP contribution in [0.25, 0.3) is 0 Å². The smallest absolute Gasteiger partial charge is 0.265 e. The van der Waals surface area contributed by atoms with Crippen LogP contribution in [0.5, 0.6) is 5.75 Å². The summed E-state index contributed by atoms with van der Waals surface area (Å²) in [4.78, 5) is 18.7. The van der Waals surface area contributed by atoms with Gasteiger partial charge in [-0.15, -0.1) is 11.3 Å². The fourth-order valence-corrected chi connectivity index (χ4v) is 3.79. The lowest BCUT2D eigenvalue weighted by molar-refractivity contribution is 0.0228. The van der Waals surface area contributed by atoms with Crippen molar-refractivity contribution in [2.75, 3.05) is 7.11 Å². The highest BCUT2D eigenvalue weighted by Crippen LogP contribution is 2.38. The van der Waals surface area contributed by atoms with Gasteiger partial charge in [0.25, 0.3) is 5.91 Å². The Hall–Kier alpha value is -1.92. The normalized spacial score (nSPS) is 21.3. The Bertz CT molecular complexity index is 680. The van der Waals surface area contributed by atoms with Gasteiger partial charge in [0.05, 0.1) is 24.9 Å². The number of nitrogens with one attached hydrogen (secondary N) is 1. The van der Waals surface area contributed by atoms with E-state index in [0.29, 0.717) is 23.5 Å². The predicted octanol–water partition coefficient (Wildman–Crippen LogP) is 2.70. The van der Waals surface area contributed by atoms with Crippen LogP contribution in [0.4, 0.5) is 0 Å². The molecule has 1 aliphatic carbocycles. The third kappa shape index (κ3) is 3.38. The van der Waals surface area contributed by atoms with Gasteiger partial charge in [-0.25, -0.2) is 0 Å². The number of aryl methyl sites for hydroxylation is 1. The molecule has 0 aliphatic heterocycles. The van der Waals surface area contributed by atoms with E-state index >= 15 is 0 Å². The number of nitrogens with zero attached hydrogens (tertiary/aromatic N) is 1. The van der Waals surface area contributed by atoms with Gasteiger partial charge in [-0.2, -0.15) is 0 Å². The van der Waals surface area contributed by atoms with E-state index in [2.05, 4.69) is 10.3 Å². The molecule has 0 aromatic carbocycles. The first-order chi connectivity index (χ1) is 11.1. The number of aliphatic hydroxyl groups excluding tert-OH is 1. The average Bonchev–Trinajstić information content (AvgIpc) is 2.92. The molecule has 1 atom stereocenters. The first kappa shape index (κ1) is 16.0. The Morgan fingerprint density at radius 3 is 2.87 bits per heavy atom. The largest absolute Gasteiger partial charge is 0.495 e. The molecule has 1 fully saturated rings. The third-order valence-electron chi connectivity index (χ3n) is 4.16. The van der Waals surface area contributed by atoms with Gasteiger partial charge in [-0.05, 0) is 43.9 Å². The topological polar surface area (TPSA) is 71.5 Å². The minimum atomic E-state index is -0.276. The molecule has 1 saturated carbocycles. The minimum absolute atomic E-state index is 0.156. The highest BCUT2D eigenvalue weighted by Gasteiger charge is 2.36. The highest BCUT2D eigenvalue weighted by atomic mass is 32.1. The van der Waals surface area contributed by atoms with Crippen molar-refractivity contribution in [3.8, 4) is 5.75 Å². The number of rotatable bonds is 5. The summed E-state index contributed by atoms with van der Waals surface area (Å²) < 4.78 is 5.29. The Morgan fingerprint density at radius 2 is 2.26 bits per heavy atom. The van der Waals surface area contributed by atoms with Crippen molar-refractivity contribution >= 4 is 17.2 Å². The molecule has 6 heteroatoms. The van der Waals surface area contributed by atoms with Crippen LogP contribution in [-0.4, -0.2) is 29.2 Å². The van der Waals surface area contributed by atoms with Crippen LogP contribution in [0, 0.1) is 12.8 Å². The SMILES string of the molecule is COc1cc(C)sc1C(=O)N[C@@H](c1ccccn1)C1CC(O)C1. The zero-order valence-corrected chi connectivity index (χ0v) is 14.0. The molecule has 5 nitrogen and oxygen atoms in total. The van der Waals surface area contributed by atoms with Gasteiger partial charge in [0.2, 0.25) is 0 Å². The summed E-state index contributed by atoms with van der Waals surface area (Å²) in [5.41, 5.74) is 0.824. The average molecular weight is 332 g/mol. The molecule has 3 rings (SSSR count). The number of hydrogen-bond acceptors (Lipinski definition) is 5. The summed E-state index contributed by atoms with van der Waals surface area (Å²) in [5.74, 6) is 0.645. The predicted molar refractivity (Wildman–Crippen MR) is 88.8 cm³/mol. The van der Waals surface area contributed by atoms with Crippen molar-refractivity contribution in [1.82, 2.24) is 10.3 Å². The fraction of sp³-hybridized carbons (Fsp3) is 0.412. The lowest BCUT2D eigenvalue weighted by Crippen LogP contribution is -2.41. The monoisotopic (exact) mass is 332 g/mol. The van der Waals surface area contributed by atoms with Crippen LogP contribution in [0.3, 0.4) is 0 Å². The van der Waals surface area contributed by atoms with E-state index in [1.807, 2.05) is 31.2 Å². The van der Waals surface area contributed by atoms with Gasteiger partial charge in [-0.3, -0.25) is 9.78 Å². The lowest BCUT2D eigenvalue weighted by Gasteiger charge is -2.37. The van der Waals surface area contributed by atoms with Crippen LogP contribution in [-0.2, 0) is 0 Å². The molecule has 0 unspecified atom stereocenters. The van der Waals surface area contributed by atoms with Crippen molar-refractivity contribution in [2.45, 2.75) is 31.9 Å². The molecule has 0 saturated heterocycles. The second kappa shape index (κ2) is 6.68. The van der Waals surface area contributed by atoms with Crippen molar-refractivity contribution in [1.29, 1.82) is 0 Å². The van der Waals surface area contributed by atoms with Crippen LogP contribution >= 0.6 is 11.3 Å². The molecular weight excluding hydrogens is 312 g/mol. The summed E-state index contributed by atoms with van der Waals surface area (Å²) in [6.45, 7) is 1.95. The molecule has 0 radical (unpaired) electrons. The standard InChI is InChI=1S/C17H20N2O3S/c1-10-7-14(22-2)16(23-10)17(21)19-15(11-8-12(20)9-11)13-5-3-4-6-18-13/h3-7,11-12,15,20H,8-9H2,1-2H3,(H,19,21)/t11?,12?,15-/m1/s1. The molecule has 2 aromatic rings. The molecule has 2 heterocycles. The van der Waals surface area contributed by atoms with Gasteiger partial charge < -0.3 is 15.2 Å². The number of ether oxygens (including phenoxy) is 1. The van der Waals surface area contributed by atoms with Gasteiger partial charge in [0.15, 0.2) is 0 Å². The second-order valence-corrected chi connectivity index (χ2v) is 7.10. The minimum Gasteiger partial charge on any atom is -0.495 e. The van der Waals surface area contributed by atoms with Crippen LogP contribution in [0.1, 0.15) is 39.1 Å². The quantitative estimate of drug-likeness (QED) is 0.883. The first-order valence-corrected chi connectivity index (χ1v) is 8.44. The number of carbonyl (C=O) groups is 1. The summed E-state index contributed by atoms with van der Waals surface area (Å²) in [6, 6.07) is 7.34. The summed E-state index contributed by atoms with van der Waals surface area (Å²) >= 11 is 1.42. The van der Waals surface area contributed by atoms with E-state index in [9.17, 15) is 9.90 Å². The Labute approximate surface area is 139 Å². The van der Waals surface area contributed by atoms with Crippen molar-refractivity contribution in [2.24, 2.45) is 5.92 Å². The fourth-order valence-electron chi connectivity index (χ4n) is 2.90. The maximum Gasteiger partial charge on any atom is 0.265 e. The molecule has 1 amide bonds.